The molecule has 2 aliphatic rings. The second-order valence-corrected chi connectivity index (χ2v) is 8.00. The van der Waals surface area contributed by atoms with E-state index < -0.39 is 15.9 Å². The zero-order valence-corrected chi connectivity index (χ0v) is 13.8. The fraction of sp³-hybridized carbons (Fsp3) is 0.600. The van der Waals surface area contributed by atoms with Crippen LogP contribution in [0.1, 0.15) is 18.5 Å². The van der Waals surface area contributed by atoms with Crippen molar-refractivity contribution in [1.29, 1.82) is 0 Å². The lowest BCUT2D eigenvalue weighted by Crippen LogP contribution is -2.54. The monoisotopic (exact) mass is 339 g/mol. The number of fused-ring (bicyclic) bond motifs is 1. The molecular formula is C15H21N3O4S. The molecule has 0 aromatic carbocycles. The van der Waals surface area contributed by atoms with Gasteiger partial charge in [0.25, 0.3) is 0 Å². The minimum Gasteiger partial charge on any atom is -0.376 e. The van der Waals surface area contributed by atoms with Crippen molar-refractivity contribution < 1.29 is 17.9 Å². The second kappa shape index (κ2) is 6.54. The molecule has 0 saturated carbocycles. The smallest absolute Gasteiger partial charge is 0.224 e. The van der Waals surface area contributed by atoms with Crippen molar-refractivity contribution in [1.82, 2.24) is 14.6 Å². The summed E-state index contributed by atoms with van der Waals surface area (Å²) in [6.45, 7) is 1.10. The van der Waals surface area contributed by atoms with Crippen LogP contribution < -0.4 is 5.32 Å². The van der Waals surface area contributed by atoms with Gasteiger partial charge in [-0.3, -0.25) is 9.78 Å². The van der Waals surface area contributed by atoms with E-state index >= 15 is 0 Å². The van der Waals surface area contributed by atoms with E-state index in [0.717, 1.165) is 5.69 Å². The van der Waals surface area contributed by atoms with Crippen molar-refractivity contribution in [2.75, 3.05) is 19.4 Å². The molecule has 7 nitrogen and oxygen atoms in total. The summed E-state index contributed by atoms with van der Waals surface area (Å²) in [5.74, 6) is -0.550. The first-order chi connectivity index (χ1) is 10.9. The van der Waals surface area contributed by atoms with E-state index in [1.54, 1.807) is 6.20 Å². The molecule has 8 heteroatoms. The third-order valence-electron chi connectivity index (χ3n) is 4.43. The molecule has 0 bridgehead atoms. The van der Waals surface area contributed by atoms with Gasteiger partial charge >= 0.3 is 0 Å². The maximum Gasteiger partial charge on any atom is 0.224 e. The molecule has 2 saturated heterocycles. The number of aromatic nitrogens is 1. The summed E-state index contributed by atoms with van der Waals surface area (Å²) in [5.41, 5.74) is 0.770. The number of piperidine rings is 1. The van der Waals surface area contributed by atoms with Crippen LogP contribution in [0, 0.1) is 5.92 Å². The second-order valence-electron chi connectivity index (χ2n) is 6.07. The first kappa shape index (κ1) is 16.4. The number of hydrogen-bond acceptors (Lipinski definition) is 5. The summed E-state index contributed by atoms with van der Waals surface area (Å²) >= 11 is 0. The third kappa shape index (κ3) is 3.70. The largest absolute Gasteiger partial charge is 0.376 e. The summed E-state index contributed by atoms with van der Waals surface area (Å²) < 4.78 is 31.1. The maximum atomic E-state index is 12.4. The van der Waals surface area contributed by atoms with Crippen molar-refractivity contribution in [2.45, 2.75) is 31.5 Å². The van der Waals surface area contributed by atoms with Crippen LogP contribution >= 0.6 is 0 Å². The van der Waals surface area contributed by atoms with Crippen molar-refractivity contribution in [3.8, 4) is 0 Å². The lowest BCUT2D eigenvalue weighted by atomic mass is 9.91. The molecule has 0 unspecified atom stereocenters. The van der Waals surface area contributed by atoms with Gasteiger partial charge in [0.15, 0.2) is 0 Å². The SMILES string of the molecule is CS(=O)(=O)N1C[C@H](C(=O)NCc2ccccn2)C[C@H]2OCC[C@H]21. The van der Waals surface area contributed by atoms with Crippen molar-refractivity contribution in [3.63, 3.8) is 0 Å². The van der Waals surface area contributed by atoms with Crippen LogP contribution in [-0.4, -0.2) is 55.2 Å². The van der Waals surface area contributed by atoms with Crippen LogP contribution in [0.3, 0.4) is 0 Å². The Morgan fingerprint density at radius 3 is 3.00 bits per heavy atom. The lowest BCUT2D eigenvalue weighted by Gasteiger charge is -2.38. The number of hydrogen-bond donors (Lipinski definition) is 1. The zero-order chi connectivity index (χ0) is 16.4. The van der Waals surface area contributed by atoms with Crippen molar-refractivity contribution in [3.05, 3.63) is 30.1 Å². The Morgan fingerprint density at radius 1 is 1.48 bits per heavy atom. The van der Waals surface area contributed by atoms with E-state index in [1.165, 1.54) is 10.6 Å². The average Bonchev–Trinajstić information content (AvgIpc) is 3.00. The molecular weight excluding hydrogens is 318 g/mol. The van der Waals surface area contributed by atoms with Crippen LogP contribution in [0.15, 0.2) is 24.4 Å². The van der Waals surface area contributed by atoms with E-state index in [2.05, 4.69) is 10.3 Å². The van der Waals surface area contributed by atoms with Crippen LogP contribution in [0.4, 0.5) is 0 Å². The Kier molecular flexibility index (Phi) is 4.65. The summed E-state index contributed by atoms with van der Waals surface area (Å²) in [6, 6.07) is 5.37. The van der Waals surface area contributed by atoms with E-state index in [9.17, 15) is 13.2 Å². The number of pyridine rings is 1. The number of sulfonamides is 1. The standard InChI is InChI=1S/C15H21N3O4S/c1-23(20,21)18-10-11(8-14-13(18)5-7-22-14)15(19)17-9-12-4-2-3-6-16-12/h2-4,6,11,13-14H,5,7-10H2,1H3,(H,17,19)/t11-,13-,14-/m1/s1. The molecule has 3 atom stereocenters. The number of nitrogens with one attached hydrogen (secondary N) is 1. The first-order valence-corrected chi connectivity index (χ1v) is 9.56. The third-order valence-corrected chi connectivity index (χ3v) is 5.70. The zero-order valence-electron chi connectivity index (χ0n) is 13.0. The molecule has 1 aromatic heterocycles. The Morgan fingerprint density at radius 2 is 2.30 bits per heavy atom. The van der Waals surface area contributed by atoms with E-state index in [4.69, 9.17) is 4.74 Å². The molecule has 1 aromatic rings. The van der Waals surface area contributed by atoms with Crippen molar-refractivity contribution >= 4 is 15.9 Å². The molecule has 3 rings (SSSR count). The molecule has 0 spiro atoms. The van der Waals surface area contributed by atoms with E-state index in [1.807, 2.05) is 18.2 Å². The van der Waals surface area contributed by atoms with Crippen LogP contribution in [0.5, 0.6) is 0 Å². The minimum atomic E-state index is -3.35. The van der Waals surface area contributed by atoms with Gasteiger partial charge in [-0.15, -0.1) is 0 Å². The maximum absolute atomic E-state index is 12.4. The van der Waals surface area contributed by atoms with Crippen LogP contribution in [0.2, 0.25) is 0 Å². The van der Waals surface area contributed by atoms with Gasteiger partial charge < -0.3 is 10.1 Å². The molecule has 3 heterocycles. The molecule has 23 heavy (non-hydrogen) atoms. The molecule has 1 amide bonds. The highest BCUT2D eigenvalue weighted by molar-refractivity contribution is 7.88. The Balaban J connectivity index is 1.66. The number of ether oxygens (including phenoxy) is 1. The summed E-state index contributed by atoms with van der Waals surface area (Å²) in [7, 11) is -3.35. The van der Waals surface area contributed by atoms with Crippen LogP contribution in [-0.2, 0) is 26.1 Å². The predicted octanol–water partition coefficient (Wildman–Crippen LogP) is 0.137. The van der Waals surface area contributed by atoms with Gasteiger partial charge in [-0.25, -0.2) is 8.42 Å². The molecule has 0 aliphatic carbocycles. The van der Waals surface area contributed by atoms with Gasteiger partial charge in [0.2, 0.25) is 15.9 Å². The summed E-state index contributed by atoms with van der Waals surface area (Å²) in [4.78, 5) is 16.6. The highest BCUT2D eigenvalue weighted by atomic mass is 32.2. The number of nitrogens with zero attached hydrogens (tertiary/aromatic N) is 2. The minimum absolute atomic E-state index is 0.134. The number of carbonyl (C=O) groups excluding carboxylic acids is 1. The van der Waals surface area contributed by atoms with Gasteiger partial charge in [-0.2, -0.15) is 4.31 Å². The Bertz CT molecular complexity index is 665. The van der Waals surface area contributed by atoms with Gasteiger partial charge in [-0.05, 0) is 25.0 Å². The fourth-order valence-electron chi connectivity index (χ4n) is 3.30. The van der Waals surface area contributed by atoms with E-state index in [0.29, 0.717) is 26.0 Å². The number of amides is 1. The lowest BCUT2D eigenvalue weighted by molar-refractivity contribution is -0.128. The Hall–Kier alpha value is -1.51. The number of carbonyl (C=O) groups is 1. The molecule has 1 N–H and O–H groups in total. The average molecular weight is 339 g/mol. The molecule has 2 aliphatic heterocycles. The Labute approximate surface area is 136 Å². The fourth-order valence-corrected chi connectivity index (χ4v) is 4.48. The molecule has 126 valence electrons. The highest BCUT2D eigenvalue weighted by Gasteiger charge is 2.45. The van der Waals surface area contributed by atoms with Gasteiger partial charge in [0, 0.05) is 19.3 Å². The van der Waals surface area contributed by atoms with Gasteiger partial charge in [0.1, 0.15) is 0 Å². The topological polar surface area (TPSA) is 88.6 Å². The quantitative estimate of drug-likeness (QED) is 0.843. The molecule has 2 fully saturated rings. The normalized spacial score (nSPS) is 28.3. The van der Waals surface area contributed by atoms with Gasteiger partial charge in [-0.1, -0.05) is 6.07 Å². The van der Waals surface area contributed by atoms with Crippen LogP contribution in [0.25, 0.3) is 0 Å². The first-order valence-electron chi connectivity index (χ1n) is 7.71. The van der Waals surface area contributed by atoms with Gasteiger partial charge in [0.05, 0.1) is 36.6 Å². The van der Waals surface area contributed by atoms with Crippen molar-refractivity contribution in [2.24, 2.45) is 5.92 Å². The molecule has 0 radical (unpaired) electrons. The predicted molar refractivity (Wildman–Crippen MR) is 83.9 cm³/mol. The van der Waals surface area contributed by atoms with E-state index in [-0.39, 0.29) is 24.6 Å². The highest BCUT2D eigenvalue weighted by Crippen LogP contribution is 2.32. The summed E-state index contributed by atoms with van der Waals surface area (Å²) in [5, 5.41) is 2.84. The number of rotatable bonds is 4. The summed E-state index contributed by atoms with van der Waals surface area (Å²) in [6.07, 6.45) is 3.93.